The Hall–Kier alpha value is -3.66. The fraction of sp³-hybridized carbons (Fsp3) is 0.250. The molecule has 34 heavy (non-hydrogen) atoms. The average Bonchev–Trinajstić information content (AvgIpc) is 3.42. The predicted molar refractivity (Wildman–Crippen MR) is 133 cm³/mol. The lowest BCUT2D eigenvalue weighted by atomic mass is 10.1. The van der Waals surface area contributed by atoms with Crippen LogP contribution in [0.5, 0.6) is 11.5 Å². The van der Waals surface area contributed by atoms with E-state index in [0.717, 1.165) is 57.3 Å². The van der Waals surface area contributed by atoms with Crippen molar-refractivity contribution in [1.82, 2.24) is 19.7 Å². The van der Waals surface area contributed by atoms with E-state index in [1.165, 1.54) is 6.33 Å². The van der Waals surface area contributed by atoms with Gasteiger partial charge in [0.25, 0.3) is 0 Å². The number of aromatic nitrogens is 4. The number of ether oxygens (including phenoxy) is 2. The molecule has 5 rings (SSSR count). The van der Waals surface area contributed by atoms with Crippen LogP contribution in [0.15, 0.2) is 47.3 Å². The third-order valence-electron chi connectivity index (χ3n) is 6.10. The van der Waals surface area contributed by atoms with Crippen molar-refractivity contribution < 1.29 is 14.3 Å². The molecule has 1 N–H and O–H groups in total. The van der Waals surface area contributed by atoms with Crippen LogP contribution in [0.4, 0.5) is 17.2 Å². The zero-order valence-electron chi connectivity index (χ0n) is 18.9. The summed E-state index contributed by atoms with van der Waals surface area (Å²) in [5.74, 6) is 1.89. The van der Waals surface area contributed by atoms with E-state index < -0.39 is 6.04 Å². The second kappa shape index (κ2) is 8.94. The number of aryl methyl sites for hydroxylation is 1. The Morgan fingerprint density at radius 2 is 1.94 bits per heavy atom. The molecule has 0 fully saturated rings. The highest BCUT2D eigenvalue weighted by Crippen LogP contribution is 2.39. The van der Waals surface area contributed by atoms with Crippen LogP contribution in [-0.2, 0) is 18.3 Å². The van der Waals surface area contributed by atoms with Crippen molar-refractivity contribution in [2.24, 2.45) is 7.05 Å². The molecule has 4 aromatic rings. The van der Waals surface area contributed by atoms with Gasteiger partial charge >= 0.3 is 0 Å². The summed E-state index contributed by atoms with van der Waals surface area (Å²) < 4.78 is 13.4. The number of rotatable bonds is 7. The van der Waals surface area contributed by atoms with Crippen LogP contribution in [0.2, 0.25) is 0 Å². The summed E-state index contributed by atoms with van der Waals surface area (Å²) in [6.45, 7) is 0.743. The van der Waals surface area contributed by atoms with E-state index >= 15 is 0 Å². The summed E-state index contributed by atoms with van der Waals surface area (Å²) in [6, 6.07) is 9.41. The Morgan fingerprint density at radius 3 is 2.65 bits per heavy atom. The van der Waals surface area contributed by atoms with Crippen LogP contribution in [0, 0.1) is 0 Å². The molecule has 0 saturated heterocycles. The number of nitrogens with one attached hydrogen (secondary N) is 1. The molecule has 1 aliphatic heterocycles. The van der Waals surface area contributed by atoms with Gasteiger partial charge in [0.2, 0.25) is 0 Å². The largest absolute Gasteiger partial charge is 0.493 e. The first kappa shape index (κ1) is 22.1. The van der Waals surface area contributed by atoms with Gasteiger partial charge in [-0.2, -0.15) is 5.10 Å². The molecule has 0 bridgehead atoms. The maximum Gasteiger partial charge on any atom is 0.162 e. The number of halogens is 1. The van der Waals surface area contributed by atoms with Gasteiger partial charge in [0.1, 0.15) is 24.5 Å². The number of carbonyl (C=O) groups excluding carboxylic acids is 1. The van der Waals surface area contributed by atoms with Gasteiger partial charge in [0.15, 0.2) is 11.5 Å². The Bertz CT molecular complexity index is 1370. The van der Waals surface area contributed by atoms with Crippen LogP contribution in [0.25, 0.3) is 10.9 Å². The van der Waals surface area contributed by atoms with Crippen LogP contribution in [-0.4, -0.2) is 46.8 Å². The van der Waals surface area contributed by atoms with E-state index in [9.17, 15) is 4.79 Å². The molecule has 10 heteroatoms. The lowest BCUT2D eigenvalue weighted by molar-refractivity contribution is -0.109. The summed E-state index contributed by atoms with van der Waals surface area (Å²) >= 11 is 3.53. The Balaban J connectivity index is 1.46. The first-order valence-electron chi connectivity index (χ1n) is 10.7. The number of hydrogen-bond donors (Lipinski definition) is 1. The van der Waals surface area contributed by atoms with Gasteiger partial charge in [0, 0.05) is 36.4 Å². The van der Waals surface area contributed by atoms with Crippen molar-refractivity contribution in [1.29, 1.82) is 0 Å². The van der Waals surface area contributed by atoms with Gasteiger partial charge in [-0.25, -0.2) is 9.97 Å². The molecule has 0 spiro atoms. The van der Waals surface area contributed by atoms with Crippen LogP contribution < -0.4 is 19.7 Å². The van der Waals surface area contributed by atoms with Gasteiger partial charge in [-0.15, -0.1) is 0 Å². The molecule has 3 heterocycles. The number of nitrogens with zero attached hydrogens (tertiary/aromatic N) is 5. The second-order valence-electron chi connectivity index (χ2n) is 7.94. The zero-order valence-corrected chi connectivity index (χ0v) is 20.5. The van der Waals surface area contributed by atoms with Crippen molar-refractivity contribution in [2.75, 3.05) is 31.0 Å². The van der Waals surface area contributed by atoms with Crippen molar-refractivity contribution in [3.05, 3.63) is 58.6 Å². The lowest BCUT2D eigenvalue weighted by Gasteiger charge is -2.26. The molecule has 1 atom stereocenters. The predicted octanol–water partition coefficient (Wildman–Crippen LogP) is 4.19. The van der Waals surface area contributed by atoms with Gasteiger partial charge in [0.05, 0.1) is 36.1 Å². The van der Waals surface area contributed by atoms with Crippen molar-refractivity contribution in [3.8, 4) is 11.5 Å². The zero-order chi connectivity index (χ0) is 23.8. The van der Waals surface area contributed by atoms with Gasteiger partial charge in [-0.1, -0.05) is 0 Å². The first-order valence-corrected chi connectivity index (χ1v) is 11.5. The van der Waals surface area contributed by atoms with E-state index in [-0.39, 0.29) is 0 Å². The molecule has 0 amide bonds. The second-order valence-corrected chi connectivity index (χ2v) is 8.80. The Labute approximate surface area is 204 Å². The first-order chi connectivity index (χ1) is 16.5. The topological polar surface area (TPSA) is 94.4 Å². The SMILES string of the molecule is COc1cc2ncnc(Nc3ccc4c(c3)CCN4C(C=O)c3c(Br)cnn3C)c2cc1OC. The van der Waals surface area contributed by atoms with E-state index in [4.69, 9.17) is 9.47 Å². The van der Waals surface area contributed by atoms with Gasteiger partial charge in [-0.05, 0) is 52.2 Å². The summed E-state index contributed by atoms with van der Waals surface area (Å²) in [5, 5.41) is 8.50. The number of hydrogen-bond acceptors (Lipinski definition) is 8. The molecule has 1 unspecified atom stereocenters. The minimum atomic E-state index is -0.421. The maximum atomic E-state index is 12.1. The summed E-state index contributed by atoms with van der Waals surface area (Å²) in [5.41, 5.74) is 4.68. The standard InChI is InChI=1S/C24H23BrN6O3/c1-30-23(17(25)11-28-30)20(12-32)31-7-6-14-8-15(4-5-19(14)31)29-24-16-9-21(33-2)22(34-3)10-18(16)26-13-27-24/h4-5,8-13,20H,6-7H2,1-3H3,(H,26,27,29). The van der Waals surface area contributed by atoms with Crippen LogP contribution in [0.3, 0.4) is 0 Å². The maximum absolute atomic E-state index is 12.1. The Kier molecular flexibility index (Phi) is 5.82. The minimum Gasteiger partial charge on any atom is -0.493 e. The van der Waals surface area contributed by atoms with Crippen LogP contribution >= 0.6 is 15.9 Å². The molecule has 0 radical (unpaired) electrons. The molecule has 174 valence electrons. The van der Waals surface area contributed by atoms with Crippen molar-refractivity contribution in [2.45, 2.75) is 12.5 Å². The molecule has 2 aromatic heterocycles. The fourth-order valence-electron chi connectivity index (χ4n) is 4.45. The van der Waals surface area contributed by atoms with Gasteiger partial charge in [-0.3, -0.25) is 4.68 Å². The highest BCUT2D eigenvalue weighted by molar-refractivity contribution is 9.10. The molecule has 0 saturated carbocycles. The molecular formula is C24H23BrN6O3. The third kappa shape index (κ3) is 3.73. The monoisotopic (exact) mass is 522 g/mol. The number of carbonyl (C=O) groups is 1. The number of fused-ring (bicyclic) bond motifs is 2. The van der Waals surface area contributed by atoms with Crippen LogP contribution in [0.1, 0.15) is 17.3 Å². The van der Waals surface area contributed by atoms with Crippen molar-refractivity contribution >= 4 is 50.3 Å². The average molecular weight is 523 g/mol. The quantitative estimate of drug-likeness (QED) is 0.361. The number of benzene rings is 2. The van der Waals surface area contributed by atoms with E-state index in [2.05, 4.69) is 47.3 Å². The number of methoxy groups -OCH3 is 2. The molecular weight excluding hydrogens is 500 g/mol. The van der Waals surface area contributed by atoms with E-state index in [0.29, 0.717) is 17.3 Å². The fourth-order valence-corrected chi connectivity index (χ4v) is 5.03. The van der Waals surface area contributed by atoms with Crippen molar-refractivity contribution in [3.63, 3.8) is 0 Å². The number of anilines is 3. The number of aldehydes is 1. The molecule has 9 nitrogen and oxygen atoms in total. The minimum absolute atomic E-state index is 0.421. The lowest BCUT2D eigenvalue weighted by Crippen LogP contribution is -2.29. The third-order valence-corrected chi connectivity index (χ3v) is 6.71. The normalized spacial score (nSPS) is 13.6. The highest BCUT2D eigenvalue weighted by atomic mass is 79.9. The highest BCUT2D eigenvalue weighted by Gasteiger charge is 2.30. The smallest absolute Gasteiger partial charge is 0.162 e. The molecule has 0 aliphatic carbocycles. The Morgan fingerprint density at radius 1 is 1.15 bits per heavy atom. The van der Waals surface area contributed by atoms with Gasteiger partial charge < -0.3 is 24.5 Å². The molecule has 1 aliphatic rings. The summed E-state index contributed by atoms with van der Waals surface area (Å²) in [4.78, 5) is 23.0. The molecule has 2 aromatic carbocycles. The summed E-state index contributed by atoms with van der Waals surface area (Å²) in [6.07, 6.45) is 5.04. The van der Waals surface area contributed by atoms with E-state index in [1.807, 2.05) is 31.3 Å². The van der Waals surface area contributed by atoms with E-state index in [1.54, 1.807) is 25.1 Å². The summed E-state index contributed by atoms with van der Waals surface area (Å²) in [7, 11) is 5.04.